The topological polar surface area (TPSA) is 128 Å². The van der Waals surface area contributed by atoms with Crippen LogP contribution in [-0.4, -0.2) is 50.7 Å². The molecule has 1 fully saturated rings. The summed E-state index contributed by atoms with van der Waals surface area (Å²) in [4.78, 5) is 42.9. The first-order valence-electron chi connectivity index (χ1n) is 14.1. The molecule has 1 aliphatic carbocycles. The summed E-state index contributed by atoms with van der Waals surface area (Å²) >= 11 is 0. The van der Waals surface area contributed by atoms with Crippen molar-refractivity contribution in [2.75, 3.05) is 0 Å². The number of hydrogen-bond donors (Lipinski definition) is 4. The highest BCUT2D eigenvalue weighted by molar-refractivity contribution is 5.92. The lowest BCUT2D eigenvalue weighted by Gasteiger charge is -2.35. The van der Waals surface area contributed by atoms with Crippen molar-refractivity contribution in [1.82, 2.24) is 15.5 Å². The number of carbonyl (C=O) groups excluding carboxylic acids is 3. The lowest BCUT2D eigenvalue weighted by molar-refractivity contribution is -0.143. The number of nitrogens with one attached hydrogen (secondary N) is 2. The Morgan fingerprint density at radius 2 is 1.48 bits per heavy atom. The number of benzene rings is 3. The molecule has 0 radical (unpaired) electrons. The maximum absolute atomic E-state index is 14.5. The molecule has 0 heterocycles. The number of ether oxygens (including phenoxy) is 1. The number of amides is 3. The second-order valence-corrected chi connectivity index (χ2v) is 11.8. The number of rotatable bonds is 10. The van der Waals surface area contributed by atoms with Crippen LogP contribution in [0.25, 0.3) is 0 Å². The zero-order chi connectivity index (χ0) is 30.4. The molecule has 4 atom stereocenters. The van der Waals surface area contributed by atoms with Crippen molar-refractivity contribution in [3.63, 3.8) is 0 Å². The third-order valence-corrected chi connectivity index (χ3v) is 7.09. The molecule has 0 aliphatic heterocycles. The highest BCUT2D eigenvalue weighted by Gasteiger charge is 2.48. The zero-order valence-corrected chi connectivity index (χ0v) is 24.4. The van der Waals surface area contributed by atoms with Gasteiger partial charge in [-0.05, 0) is 74.1 Å². The van der Waals surface area contributed by atoms with Gasteiger partial charge < -0.3 is 30.5 Å². The molecule has 42 heavy (non-hydrogen) atoms. The molecule has 4 rings (SSSR count). The molecule has 9 nitrogen and oxygen atoms in total. The third-order valence-electron chi connectivity index (χ3n) is 7.09. The average molecular weight is 574 g/mol. The summed E-state index contributed by atoms with van der Waals surface area (Å²) in [7, 11) is 0. The molecule has 0 spiro atoms. The Labute approximate surface area is 246 Å². The number of aromatic hydroxyl groups is 2. The van der Waals surface area contributed by atoms with Gasteiger partial charge in [-0.1, -0.05) is 61.5 Å². The Balaban J connectivity index is 1.70. The van der Waals surface area contributed by atoms with Crippen LogP contribution in [0.4, 0.5) is 4.79 Å². The van der Waals surface area contributed by atoms with E-state index < -0.39 is 29.7 Å². The second-order valence-electron chi connectivity index (χ2n) is 11.8. The molecule has 3 amide bonds. The summed E-state index contributed by atoms with van der Waals surface area (Å²) in [6.45, 7) is 7.49. The average Bonchev–Trinajstić information content (AvgIpc) is 3.66. The maximum Gasteiger partial charge on any atom is 0.408 e. The van der Waals surface area contributed by atoms with Crippen molar-refractivity contribution in [3.8, 4) is 11.5 Å². The predicted octanol–water partition coefficient (Wildman–Crippen LogP) is 4.83. The first-order chi connectivity index (χ1) is 19.9. The van der Waals surface area contributed by atoms with Crippen LogP contribution in [0.15, 0.2) is 78.9 Å². The number of phenolic OH excluding ortho intramolecular Hbond substituents is 2. The molecule has 3 aromatic rings. The van der Waals surface area contributed by atoms with Gasteiger partial charge in [-0.3, -0.25) is 9.59 Å². The van der Waals surface area contributed by atoms with Crippen molar-refractivity contribution < 1.29 is 29.3 Å². The van der Waals surface area contributed by atoms with Gasteiger partial charge in [-0.2, -0.15) is 0 Å². The van der Waals surface area contributed by atoms with Crippen LogP contribution < -0.4 is 10.6 Å². The van der Waals surface area contributed by atoms with E-state index in [1.807, 2.05) is 37.3 Å². The summed E-state index contributed by atoms with van der Waals surface area (Å²) in [6, 6.07) is 19.8. The minimum atomic E-state index is -1.06. The first-order valence-corrected chi connectivity index (χ1v) is 14.1. The summed E-state index contributed by atoms with van der Waals surface area (Å²) in [5.74, 6) is -0.547. The quantitative estimate of drug-likeness (QED) is 0.275. The van der Waals surface area contributed by atoms with Gasteiger partial charge in [0.2, 0.25) is 11.8 Å². The van der Waals surface area contributed by atoms with E-state index in [1.165, 1.54) is 24.3 Å². The summed E-state index contributed by atoms with van der Waals surface area (Å²) in [6.07, 6.45) is 0.0623. The molecular weight excluding hydrogens is 534 g/mol. The molecule has 4 unspecified atom stereocenters. The van der Waals surface area contributed by atoms with Gasteiger partial charge in [-0.15, -0.1) is 0 Å². The maximum atomic E-state index is 14.5. The third kappa shape index (κ3) is 8.25. The van der Waals surface area contributed by atoms with E-state index in [1.54, 1.807) is 49.9 Å². The molecule has 4 N–H and O–H groups in total. The van der Waals surface area contributed by atoms with Crippen molar-refractivity contribution in [2.24, 2.45) is 5.92 Å². The minimum absolute atomic E-state index is 0.0386. The zero-order valence-electron chi connectivity index (χ0n) is 24.4. The van der Waals surface area contributed by atoms with Crippen molar-refractivity contribution in [3.05, 3.63) is 95.6 Å². The summed E-state index contributed by atoms with van der Waals surface area (Å²) < 4.78 is 5.48. The Hall–Kier alpha value is -4.53. The Kier molecular flexibility index (Phi) is 9.40. The Morgan fingerprint density at radius 1 is 0.905 bits per heavy atom. The van der Waals surface area contributed by atoms with Crippen molar-refractivity contribution in [2.45, 2.75) is 70.8 Å². The highest BCUT2D eigenvalue weighted by atomic mass is 16.6. The lowest BCUT2D eigenvalue weighted by Crippen LogP contribution is -2.54. The number of carbonyl (C=O) groups is 3. The fourth-order valence-corrected chi connectivity index (χ4v) is 4.85. The van der Waals surface area contributed by atoms with Crippen molar-refractivity contribution >= 4 is 17.9 Å². The van der Waals surface area contributed by atoms with E-state index in [0.717, 1.165) is 5.56 Å². The molecule has 0 saturated heterocycles. The smallest absolute Gasteiger partial charge is 0.408 e. The van der Waals surface area contributed by atoms with Gasteiger partial charge in [-0.25, -0.2) is 4.79 Å². The number of phenols is 2. The van der Waals surface area contributed by atoms with E-state index >= 15 is 0 Å². The first kappa shape index (κ1) is 30.4. The van der Waals surface area contributed by atoms with E-state index in [2.05, 4.69) is 10.6 Å². The van der Waals surface area contributed by atoms with Crippen LogP contribution in [0.2, 0.25) is 0 Å². The fraction of sp³-hybridized carbons (Fsp3) is 0.364. The normalized spacial score (nSPS) is 17.4. The molecule has 1 saturated carbocycles. The summed E-state index contributed by atoms with van der Waals surface area (Å²) in [5, 5.41) is 25.4. The SMILES string of the molecule is CC1CC1N(C(=O)C(Cc1ccc(O)cc1)NC(=O)OC(C)(C)C)C(C(=O)NCc1ccccc1)c1ccc(O)cc1. The van der Waals surface area contributed by atoms with Crippen LogP contribution >= 0.6 is 0 Å². The summed E-state index contributed by atoms with van der Waals surface area (Å²) in [5.41, 5.74) is 1.37. The minimum Gasteiger partial charge on any atom is -0.508 e. The highest BCUT2D eigenvalue weighted by Crippen LogP contribution is 2.41. The monoisotopic (exact) mass is 573 g/mol. The second kappa shape index (κ2) is 13.0. The molecule has 0 aromatic heterocycles. The molecular formula is C33H39N3O6. The standard InChI is InChI=1S/C33H39N3O6/c1-21-18-28(21)36(29(24-12-16-26(38)17-13-24)30(39)34-20-23-8-6-5-7-9-23)31(40)27(35-32(41)42-33(2,3)4)19-22-10-14-25(37)15-11-22/h5-17,21,27-29,37-38H,18-20H2,1-4H3,(H,34,39)(H,35,41). The Morgan fingerprint density at radius 3 is 2.02 bits per heavy atom. The number of hydrogen-bond acceptors (Lipinski definition) is 6. The molecule has 0 bridgehead atoms. The number of alkyl carbamates (subject to hydrolysis) is 1. The largest absolute Gasteiger partial charge is 0.508 e. The van der Waals surface area contributed by atoms with Crippen LogP contribution in [0.1, 0.15) is 56.8 Å². The predicted molar refractivity (Wildman–Crippen MR) is 159 cm³/mol. The van der Waals surface area contributed by atoms with Crippen LogP contribution in [0.3, 0.4) is 0 Å². The van der Waals surface area contributed by atoms with Gasteiger partial charge >= 0.3 is 6.09 Å². The fourth-order valence-electron chi connectivity index (χ4n) is 4.85. The number of nitrogens with zero attached hydrogens (tertiary/aromatic N) is 1. The Bertz CT molecular complexity index is 1370. The van der Waals surface area contributed by atoms with E-state index in [-0.39, 0.29) is 42.3 Å². The van der Waals surface area contributed by atoms with E-state index in [4.69, 9.17) is 4.74 Å². The van der Waals surface area contributed by atoms with Crippen molar-refractivity contribution in [1.29, 1.82) is 0 Å². The molecule has 3 aromatic carbocycles. The lowest BCUT2D eigenvalue weighted by atomic mass is 9.99. The van der Waals surface area contributed by atoms with Gasteiger partial charge in [0.05, 0.1) is 0 Å². The van der Waals surface area contributed by atoms with Gasteiger partial charge in [0, 0.05) is 19.0 Å². The molecule has 9 heteroatoms. The van der Waals surface area contributed by atoms with E-state index in [0.29, 0.717) is 17.5 Å². The van der Waals surface area contributed by atoms with Gasteiger partial charge in [0.15, 0.2) is 0 Å². The van der Waals surface area contributed by atoms with Gasteiger partial charge in [0.1, 0.15) is 29.2 Å². The molecule has 222 valence electrons. The van der Waals surface area contributed by atoms with Crippen LogP contribution in [0, 0.1) is 5.92 Å². The van der Waals surface area contributed by atoms with E-state index in [9.17, 15) is 24.6 Å². The van der Waals surface area contributed by atoms with Gasteiger partial charge in [0.25, 0.3) is 0 Å². The van der Waals surface area contributed by atoms with Crippen LogP contribution in [-0.2, 0) is 27.3 Å². The molecule has 1 aliphatic rings. The van der Waals surface area contributed by atoms with Crippen LogP contribution in [0.5, 0.6) is 11.5 Å².